The van der Waals surface area contributed by atoms with E-state index in [1.54, 1.807) is 11.1 Å². The molecule has 39 heavy (non-hydrogen) atoms. The highest BCUT2D eigenvalue weighted by molar-refractivity contribution is 6.35. The molecule has 1 saturated heterocycles. The Bertz CT molecular complexity index is 1500. The third kappa shape index (κ3) is 5.17. The monoisotopic (exact) mass is 548 g/mol. The van der Waals surface area contributed by atoms with Gasteiger partial charge in [0.2, 0.25) is 5.95 Å². The fraction of sp³-hybridized carbons (Fsp3) is 0.464. The number of carbonyl (C=O) groups is 1. The van der Waals surface area contributed by atoms with Crippen molar-refractivity contribution >= 4 is 57.1 Å². The molecule has 10 nitrogen and oxygen atoms in total. The molecule has 11 heteroatoms. The Kier molecular flexibility index (Phi) is 6.66. The molecule has 0 atom stereocenters. The van der Waals surface area contributed by atoms with Crippen LogP contribution in [0.2, 0.25) is 5.15 Å². The number of piperazine rings is 1. The first-order valence-corrected chi connectivity index (χ1v) is 13.9. The number of fused-ring (bicyclic) bond motifs is 3. The van der Waals surface area contributed by atoms with Crippen LogP contribution < -0.4 is 10.2 Å². The summed E-state index contributed by atoms with van der Waals surface area (Å²) >= 11 is 6.57. The number of halogens is 1. The number of ether oxygens (including phenoxy) is 1. The maximum absolute atomic E-state index is 12.4. The number of pyridine rings is 2. The molecule has 0 radical (unpaired) electrons. The maximum Gasteiger partial charge on any atom is 0.410 e. The second kappa shape index (κ2) is 10.1. The first-order valence-electron chi connectivity index (χ1n) is 13.5. The number of rotatable bonds is 4. The molecule has 2 aliphatic rings. The standard InChI is InChI=1S/C28H33ClN8O2/c1-28(2,3)39-27(38)36-14-12-35(13-15-36)19-8-9-22(31-16-19)33-26-32-17-21-20-10-11-30-24(29)23(20)37(25(21)34-26)18-6-4-5-7-18/h8-11,16-18H,4-7,12-15H2,1-3H3,(H,31,32,33,34). The minimum Gasteiger partial charge on any atom is -0.444 e. The van der Waals surface area contributed by atoms with E-state index >= 15 is 0 Å². The van der Waals surface area contributed by atoms with Gasteiger partial charge < -0.3 is 24.4 Å². The van der Waals surface area contributed by atoms with Gasteiger partial charge in [-0.25, -0.2) is 19.7 Å². The predicted molar refractivity (Wildman–Crippen MR) is 153 cm³/mol. The van der Waals surface area contributed by atoms with E-state index in [1.807, 2.05) is 51.4 Å². The Hall–Kier alpha value is -3.66. The molecule has 1 amide bonds. The number of nitrogens with zero attached hydrogens (tertiary/aromatic N) is 7. The minimum absolute atomic E-state index is 0.262. The minimum atomic E-state index is -0.494. The molecule has 4 aromatic heterocycles. The number of anilines is 3. The lowest BCUT2D eigenvalue weighted by atomic mass is 10.2. The van der Waals surface area contributed by atoms with Crippen LogP contribution in [0.5, 0.6) is 0 Å². The van der Waals surface area contributed by atoms with Gasteiger partial charge in [-0.15, -0.1) is 0 Å². The van der Waals surface area contributed by atoms with Crippen molar-refractivity contribution in [2.24, 2.45) is 0 Å². The van der Waals surface area contributed by atoms with Gasteiger partial charge >= 0.3 is 6.09 Å². The van der Waals surface area contributed by atoms with Crippen molar-refractivity contribution in [1.29, 1.82) is 0 Å². The summed E-state index contributed by atoms with van der Waals surface area (Å²) in [6.45, 7) is 8.30. The van der Waals surface area contributed by atoms with Gasteiger partial charge in [-0.2, -0.15) is 4.98 Å². The van der Waals surface area contributed by atoms with Gasteiger partial charge in [-0.05, 0) is 51.8 Å². The fourth-order valence-corrected chi connectivity index (χ4v) is 5.79. The summed E-state index contributed by atoms with van der Waals surface area (Å²) in [4.78, 5) is 34.8. The van der Waals surface area contributed by atoms with Gasteiger partial charge in [0.15, 0.2) is 5.15 Å². The molecular formula is C28H33ClN8O2. The van der Waals surface area contributed by atoms with E-state index in [0.717, 1.165) is 53.6 Å². The quantitative estimate of drug-likeness (QED) is 0.312. The Morgan fingerprint density at radius 3 is 2.46 bits per heavy atom. The molecule has 1 aliphatic carbocycles. The lowest BCUT2D eigenvalue weighted by molar-refractivity contribution is 0.0240. The number of nitrogens with one attached hydrogen (secondary N) is 1. The van der Waals surface area contributed by atoms with E-state index < -0.39 is 5.60 Å². The number of carbonyl (C=O) groups excluding carboxylic acids is 1. The first kappa shape index (κ1) is 25.6. The van der Waals surface area contributed by atoms with E-state index in [1.165, 1.54) is 12.8 Å². The molecule has 0 spiro atoms. The van der Waals surface area contributed by atoms with Crippen LogP contribution in [0.15, 0.2) is 36.8 Å². The first-order chi connectivity index (χ1) is 18.8. The number of hydrogen-bond acceptors (Lipinski definition) is 8. The normalized spacial score (nSPS) is 16.8. The zero-order chi connectivity index (χ0) is 27.1. The largest absolute Gasteiger partial charge is 0.444 e. The Morgan fingerprint density at radius 1 is 1.00 bits per heavy atom. The molecule has 0 bridgehead atoms. The van der Waals surface area contributed by atoms with Crippen LogP contribution in [0.3, 0.4) is 0 Å². The third-order valence-corrected chi connectivity index (χ3v) is 7.66. The predicted octanol–water partition coefficient (Wildman–Crippen LogP) is 5.94. The van der Waals surface area contributed by atoms with E-state index in [4.69, 9.17) is 21.3 Å². The van der Waals surface area contributed by atoms with Crippen molar-refractivity contribution in [3.8, 4) is 0 Å². The second-order valence-corrected chi connectivity index (χ2v) is 11.6. The molecule has 0 aromatic carbocycles. The van der Waals surface area contributed by atoms with Gasteiger partial charge in [-0.1, -0.05) is 24.4 Å². The zero-order valence-corrected chi connectivity index (χ0v) is 23.3. The topological polar surface area (TPSA) is 101 Å². The summed E-state index contributed by atoms with van der Waals surface area (Å²) in [6, 6.07) is 6.29. The van der Waals surface area contributed by atoms with Gasteiger partial charge in [0.05, 0.1) is 17.4 Å². The van der Waals surface area contributed by atoms with Crippen molar-refractivity contribution in [3.05, 3.63) is 41.9 Å². The smallest absolute Gasteiger partial charge is 0.410 e. The number of hydrogen-bond donors (Lipinski definition) is 1. The average Bonchev–Trinajstić information content (AvgIpc) is 3.55. The maximum atomic E-state index is 12.4. The molecule has 0 unspecified atom stereocenters. The van der Waals surface area contributed by atoms with Crippen molar-refractivity contribution in [2.75, 3.05) is 36.4 Å². The Balaban J connectivity index is 1.18. The summed E-state index contributed by atoms with van der Waals surface area (Å²) in [5, 5.41) is 5.76. The van der Waals surface area contributed by atoms with Crippen molar-refractivity contribution in [1.82, 2.24) is 29.4 Å². The summed E-state index contributed by atoms with van der Waals surface area (Å²) in [5.41, 5.74) is 2.31. The number of aromatic nitrogens is 5. The van der Waals surface area contributed by atoms with Crippen molar-refractivity contribution in [3.63, 3.8) is 0 Å². The van der Waals surface area contributed by atoms with Crippen molar-refractivity contribution in [2.45, 2.75) is 58.1 Å². The zero-order valence-electron chi connectivity index (χ0n) is 22.5. The second-order valence-electron chi connectivity index (χ2n) is 11.2. The molecule has 6 rings (SSSR count). The highest BCUT2D eigenvalue weighted by Crippen LogP contribution is 2.39. The van der Waals surface area contributed by atoms with E-state index in [-0.39, 0.29) is 6.09 Å². The summed E-state index contributed by atoms with van der Waals surface area (Å²) in [5.74, 6) is 1.15. The summed E-state index contributed by atoms with van der Waals surface area (Å²) in [7, 11) is 0. The van der Waals surface area contributed by atoms with Crippen LogP contribution in [-0.2, 0) is 4.74 Å². The summed E-state index contributed by atoms with van der Waals surface area (Å²) < 4.78 is 7.76. The molecule has 204 valence electrons. The van der Waals surface area contributed by atoms with E-state index in [2.05, 4.69) is 29.7 Å². The molecule has 1 saturated carbocycles. The lowest BCUT2D eigenvalue weighted by Gasteiger charge is -2.36. The number of amides is 1. The van der Waals surface area contributed by atoms with Crippen LogP contribution in [0.4, 0.5) is 22.2 Å². The third-order valence-electron chi connectivity index (χ3n) is 7.38. The van der Waals surface area contributed by atoms with E-state index in [9.17, 15) is 4.79 Å². The van der Waals surface area contributed by atoms with Crippen LogP contribution >= 0.6 is 11.6 Å². The lowest BCUT2D eigenvalue weighted by Crippen LogP contribution is -2.50. The Morgan fingerprint density at radius 2 is 1.77 bits per heavy atom. The van der Waals surface area contributed by atoms with E-state index in [0.29, 0.717) is 36.1 Å². The van der Waals surface area contributed by atoms with Crippen LogP contribution in [0.25, 0.3) is 21.9 Å². The molecule has 4 aromatic rings. The molecular weight excluding hydrogens is 516 g/mol. The van der Waals surface area contributed by atoms with Gasteiger partial charge in [0, 0.05) is 55.4 Å². The van der Waals surface area contributed by atoms with Crippen molar-refractivity contribution < 1.29 is 9.53 Å². The van der Waals surface area contributed by atoms with Gasteiger partial charge in [0.25, 0.3) is 0 Å². The Labute approximate surface area is 232 Å². The average molecular weight is 549 g/mol. The molecule has 1 N–H and O–H groups in total. The molecule has 1 aliphatic heterocycles. The van der Waals surface area contributed by atoms with Crippen LogP contribution in [0, 0.1) is 0 Å². The van der Waals surface area contributed by atoms with Gasteiger partial charge in [-0.3, -0.25) is 0 Å². The van der Waals surface area contributed by atoms with Crippen LogP contribution in [-0.4, -0.2) is 67.3 Å². The van der Waals surface area contributed by atoms with Crippen LogP contribution in [0.1, 0.15) is 52.5 Å². The summed E-state index contributed by atoms with van der Waals surface area (Å²) in [6.07, 6.45) is 9.77. The van der Waals surface area contributed by atoms with Gasteiger partial charge in [0.1, 0.15) is 17.1 Å². The molecule has 2 fully saturated rings. The SMILES string of the molecule is CC(C)(C)OC(=O)N1CCN(c2ccc(Nc3ncc4c5ccnc(Cl)c5n(C5CCCC5)c4n3)nc2)CC1. The highest BCUT2D eigenvalue weighted by Gasteiger charge is 2.27. The highest BCUT2D eigenvalue weighted by atomic mass is 35.5. The molecule has 5 heterocycles. The fourth-order valence-electron chi connectivity index (χ4n) is 5.54.